The second-order valence-corrected chi connectivity index (χ2v) is 10.7. The summed E-state index contributed by atoms with van der Waals surface area (Å²) in [5.74, 6) is -7.59. The molecule has 2 N–H and O–H groups in total. The van der Waals surface area contributed by atoms with E-state index in [0.717, 1.165) is 0 Å². The van der Waals surface area contributed by atoms with Crippen molar-refractivity contribution in [3.05, 3.63) is 39.2 Å². The zero-order chi connectivity index (χ0) is 25.4. The first kappa shape index (κ1) is 26.5. The molecule has 0 aliphatic rings. The first-order valence-electron chi connectivity index (χ1n) is 9.17. The van der Waals surface area contributed by atoms with Crippen LogP contribution in [0, 0.1) is 11.3 Å². The minimum Gasteiger partial charge on any atom is -0.477 e. The topological polar surface area (TPSA) is 120 Å². The zero-order valence-electron chi connectivity index (χ0n) is 17.4. The largest absolute Gasteiger partial charge is 0.477 e. The van der Waals surface area contributed by atoms with Gasteiger partial charge in [0.2, 0.25) is 0 Å². The van der Waals surface area contributed by atoms with E-state index in [1.54, 1.807) is 0 Å². The van der Waals surface area contributed by atoms with Crippen molar-refractivity contribution in [3.63, 3.8) is 0 Å². The minimum atomic E-state index is -5.92. The summed E-state index contributed by atoms with van der Waals surface area (Å²) >= 11 is -0.225. The number of nitrogens with one attached hydrogen (secondary N) is 1. The lowest BCUT2D eigenvalue weighted by Crippen LogP contribution is -2.32. The quantitative estimate of drug-likeness (QED) is 0.493. The first-order valence-corrected chi connectivity index (χ1v) is 11.6. The molecular weight excluding hydrogens is 493 g/mol. The Morgan fingerprint density at radius 3 is 2.33 bits per heavy atom. The summed E-state index contributed by atoms with van der Waals surface area (Å²) < 4.78 is 90.5. The summed E-state index contributed by atoms with van der Waals surface area (Å²) in [6, 6.07) is 3.63. The van der Waals surface area contributed by atoms with Crippen LogP contribution >= 0.6 is 11.3 Å². The maximum atomic E-state index is 13.7. The molecule has 0 saturated heterocycles. The molecule has 0 unspecified atom stereocenters. The van der Waals surface area contributed by atoms with Crippen molar-refractivity contribution in [2.45, 2.75) is 49.7 Å². The molecule has 2 rings (SSSR count). The number of rotatable bonds is 8. The second-order valence-electron chi connectivity index (χ2n) is 7.41. The lowest BCUT2D eigenvalue weighted by Gasteiger charge is -2.18. The number of hydrogen-bond donors (Lipinski definition) is 2. The maximum absolute atomic E-state index is 13.7. The Labute approximate surface area is 189 Å². The molecule has 0 fully saturated rings. The van der Waals surface area contributed by atoms with E-state index in [-0.39, 0.29) is 33.4 Å². The number of anilines is 1. The molecule has 0 saturated carbocycles. The number of sulfone groups is 1. The predicted molar refractivity (Wildman–Crippen MR) is 109 cm³/mol. The number of carboxylic acids is 1. The third kappa shape index (κ3) is 5.25. The molecule has 2 aromatic heterocycles. The van der Waals surface area contributed by atoms with E-state index in [1.807, 2.05) is 6.07 Å². The van der Waals surface area contributed by atoms with Gasteiger partial charge in [0.15, 0.2) is 9.84 Å². The van der Waals surface area contributed by atoms with Gasteiger partial charge in [0.1, 0.15) is 15.6 Å². The molecule has 0 aliphatic heterocycles. The number of thiophene rings is 1. The molecule has 0 spiro atoms. The predicted octanol–water partition coefficient (Wildman–Crippen LogP) is 4.70. The number of carbonyl (C=O) groups is 1. The summed E-state index contributed by atoms with van der Waals surface area (Å²) in [6.07, 6.45) is -4.71. The van der Waals surface area contributed by atoms with Crippen molar-refractivity contribution in [1.82, 2.24) is 4.98 Å². The SMILES string of the molecule is CCS(=O)(=O)c1cc(C(C)(C)C#N)cnc1NCc1cc(C(F)(F)C(F)(F)F)sc1C(=O)O. The Morgan fingerprint density at radius 2 is 1.85 bits per heavy atom. The molecule has 0 amide bonds. The molecule has 0 aliphatic carbocycles. The molecule has 7 nitrogen and oxygen atoms in total. The van der Waals surface area contributed by atoms with Crippen molar-refractivity contribution in [1.29, 1.82) is 5.26 Å². The van der Waals surface area contributed by atoms with Crippen LogP contribution in [-0.2, 0) is 27.7 Å². The monoisotopic (exact) mass is 511 g/mol. The van der Waals surface area contributed by atoms with Crippen molar-refractivity contribution in [3.8, 4) is 6.07 Å². The van der Waals surface area contributed by atoms with Crippen LogP contribution in [0.3, 0.4) is 0 Å². The summed E-state index contributed by atoms with van der Waals surface area (Å²) in [5, 5.41) is 21.0. The number of alkyl halides is 5. The fraction of sp³-hybridized carbons (Fsp3) is 0.421. The fourth-order valence-electron chi connectivity index (χ4n) is 2.59. The Kier molecular flexibility index (Phi) is 7.11. The number of pyridine rings is 1. The highest BCUT2D eigenvalue weighted by Gasteiger charge is 2.60. The highest BCUT2D eigenvalue weighted by molar-refractivity contribution is 7.91. The fourth-order valence-corrected chi connectivity index (χ4v) is 4.64. The van der Waals surface area contributed by atoms with E-state index in [9.17, 15) is 45.5 Å². The Morgan fingerprint density at radius 1 is 1.24 bits per heavy atom. The summed E-state index contributed by atoms with van der Waals surface area (Å²) in [7, 11) is -3.90. The van der Waals surface area contributed by atoms with Crippen LogP contribution in [0.2, 0.25) is 0 Å². The number of halogens is 5. The van der Waals surface area contributed by atoms with Gasteiger partial charge in [0, 0.05) is 12.7 Å². The molecule has 0 aromatic carbocycles. The molecule has 0 radical (unpaired) electrons. The van der Waals surface area contributed by atoms with Crippen molar-refractivity contribution in [2.75, 3.05) is 11.1 Å². The van der Waals surface area contributed by atoms with Gasteiger partial charge in [-0.2, -0.15) is 27.2 Å². The lowest BCUT2D eigenvalue weighted by molar-refractivity contribution is -0.287. The van der Waals surface area contributed by atoms with Crippen LogP contribution in [0.25, 0.3) is 0 Å². The van der Waals surface area contributed by atoms with Gasteiger partial charge in [-0.25, -0.2) is 18.2 Å². The van der Waals surface area contributed by atoms with Gasteiger partial charge in [-0.05, 0) is 37.1 Å². The van der Waals surface area contributed by atoms with Crippen LogP contribution in [-0.4, -0.2) is 36.4 Å². The normalized spacial score (nSPS) is 12.9. The lowest BCUT2D eigenvalue weighted by atomic mass is 9.88. The van der Waals surface area contributed by atoms with Gasteiger partial charge in [0.25, 0.3) is 0 Å². The van der Waals surface area contributed by atoms with E-state index in [1.165, 1.54) is 33.0 Å². The number of carboxylic acid groups (broad SMARTS) is 1. The summed E-state index contributed by atoms with van der Waals surface area (Å²) in [6.45, 7) is 3.83. The van der Waals surface area contributed by atoms with Gasteiger partial charge >= 0.3 is 18.1 Å². The second kappa shape index (κ2) is 8.86. The van der Waals surface area contributed by atoms with E-state index in [4.69, 9.17) is 0 Å². The van der Waals surface area contributed by atoms with E-state index in [2.05, 4.69) is 10.3 Å². The molecule has 2 heterocycles. The number of aromatic nitrogens is 1. The summed E-state index contributed by atoms with van der Waals surface area (Å²) in [4.78, 5) is 12.8. The molecule has 2 aromatic rings. The van der Waals surface area contributed by atoms with E-state index >= 15 is 0 Å². The standard InChI is InChI=1S/C19H18F5N3O4S2/c1-4-33(30,31)12-6-11(17(2,3)9-25)8-27-15(12)26-7-10-5-13(32-14(10)16(28)29)18(20,21)19(22,23)24/h5-6,8H,4,7H2,1-3H3,(H,26,27)(H,28,29). The first-order chi connectivity index (χ1) is 15.0. The minimum absolute atomic E-state index is 0.225. The summed E-state index contributed by atoms with van der Waals surface area (Å²) in [5.41, 5.74) is -1.23. The molecular formula is C19H18F5N3O4S2. The third-order valence-corrected chi connectivity index (χ3v) is 7.66. The van der Waals surface area contributed by atoms with Crippen molar-refractivity contribution < 1.29 is 40.3 Å². The van der Waals surface area contributed by atoms with Gasteiger partial charge in [-0.3, -0.25) is 0 Å². The zero-order valence-corrected chi connectivity index (χ0v) is 19.1. The van der Waals surface area contributed by atoms with Crippen molar-refractivity contribution >= 4 is 33.0 Å². The Hall–Kier alpha value is -2.79. The van der Waals surface area contributed by atoms with E-state index in [0.29, 0.717) is 6.07 Å². The molecule has 14 heteroatoms. The van der Waals surface area contributed by atoms with Crippen LogP contribution in [0.5, 0.6) is 0 Å². The van der Waals surface area contributed by atoms with Gasteiger partial charge < -0.3 is 10.4 Å². The Bertz CT molecular complexity index is 1210. The number of nitrogens with zero attached hydrogens (tertiary/aromatic N) is 2. The van der Waals surface area contributed by atoms with E-state index < -0.39 is 55.2 Å². The van der Waals surface area contributed by atoms with Crippen molar-refractivity contribution in [2.24, 2.45) is 0 Å². The molecule has 0 atom stereocenters. The molecule has 33 heavy (non-hydrogen) atoms. The highest BCUT2D eigenvalue weighted by atomic mass is 32.2. The third-order valence-electron chi connectivity index (χ3n) is 4.68. The van der Waals surface area contributed by atoms with Crippen LogP contribution < -0.4 is 5.32 Å². The Balaban J connectivity index is 2.52. The number of hydrogen-bond acceptors (Lipinski definition) is 7. The maximum Gasteiger partial charge on any atom is 0.458 e. The average Bonchev–Trinajstić information content (AvgIpc) is 3.16. The van der Waals surface area contributed by atoms with Crippen LogP contribution in [0.15, 0.2) is 23.2 Å². The smallest absolute Gasteiger partial charge is 0.458 e. The molecule has 180 valence electrons. The highest BCUT2D eigenvalue weighted by Crippen LogP contribution is 2.47. The average molecular weight is 511 g/mol. The number of aromatic carboxylic acids is 1. The molecule has 0 bridgehead atoms. The van der Waals surface area contributed by atoms with Crippen LogP contribution in [0.4, 0.5) is 27.8 Å². The van der Waals surface area contributed by atoms with Crippen LogP contribution in [0.1, 0.15) is 46.4 Å². The van der Waals surface area contributed by atoms with Gasteiger partial charge in [-0.15, -0.1) is 11.3 Å². The van der Waals surface area contributed by atoms with Gasteiger partial charge in [-0.1, -0.05) is 6.92 Å². The number of nitriles is 1. The van der Waals surface area contributed by atoms with Gasteiger partial charge in [0.05, 0.1) is 22.1 Å².